The second kappa shape index (κ2) is 7.93. The maximum Gasteiger partial charge on any atom is 0.225 e. The first-order valence-electron chi connectivity index (χ1n) is 6.93. The second-order valence-corrected chi connectivity index (χ2v) is 5.78. The first-order valence-corrected chi connectivity index (χ1v) is 7.88. The second-order valence-electron chi connectivity index (χ2n) is 5.00. The van der Waals surface area contributed by atoms with Crippen LogP contribution in [0.5, 0.6) is 0 Å². The molecule has 2 atom stereocenters. The SMILES string of the molecule is CC(CC(=O)Nc1ccccc1)NCC(O)c1ccsc1. The summed E-state index contributed by atoms with van der Waals surface area (Å²) in [6.07, 6.45) is -0.165. The van der Waals surface area contributed by atoms with E-state index >= 15 is 0 Å². The molecule has 2 unspecified atom stereocenters. The summed E-state index contributed by atoms with van der Waals surface area (Å²) < 4.78 is 0. The topological polar surface area (TPSA) is 61.4 Å². The van der Waals surface area contributed by atoms with Crippen LogP contribution in [-0.2, 0) is 4.79 Å². The molecule has 0 radical (unpaired) electrons. The quantitative estimate of drug-likeness (QED) is 0.737. The van der Waals surface area contributed by atoms with Crippen molar-refractivity contribution in [3.8, 4) is 0 Å². The van der Waals surface area contributed by atoms with E-state index in [-0.39, 0.29) is 11.9 Å². The Kier molecular flexibility index (Phi) is 5.92. The summed E-state index contributed by atoms with van der Waals surface area (Å²) in [5.74, 6) is -0.0359. The van der Waals surface area contributed by atoms with Crippen molar-refractivity contribution in [1.29, 1.82) is 0 Å². The summed E-state index contributed by atoms with van der Waals surface area (Å²) in [4.78, 5) is 11.9. The standard InChI is InChI=1S/C16H20N2O2S/c1-12(17-10-15(19)13-7-8-21-11-13)9-16(20)18-14-5-3-2-4-6-14/h2-8,11-12,15,17,19H,9-10H2,1H3,(H,18,20). The van der Waals surface area contributed by atoms with Gasteiger partial charge in [0.1, 0.15) is 0 Å². The Labute approximate surface area is 128 Å². The Morgan fingerprint density at radius 3 is 2.71 bits per heavy atom. The van der Waals surface area contributed by atoms with Gasteiger partial charge in [-0.15, -0.1) is 0 Å². The molecule has 1 amide bonds. The van der Waals surface area contributed by atoms with Gasteiger partial charge in [0.2, 0.25) is 5.91 Å². The van der Waals surface area contributed by atoms with Crippen LogP contribution < -0.4 is 10.6 Å². The van der Waals surface area contributed by atoms with Crippen molar-refractivity contribution in [1.82, 2.24) is 5.32 Å². The molecule has 2 aromatic rings. The first-order chi connectivity index (χ1) is 10.1. The molecule has 4 nitrogen and oxygen atoms in total. The predicted molar refractivity (Wildman–Crippen MR) is 86.4 cm³/mol. The van der Waals surface area contributed by atoms with Crippen molar-refractivity contribution >= 4 is 22.9 Å². The number of amides is 1. The van der Waals surface area contributed by atoms with E-state index in [2.05, 4.69) is 10.6 Å². The molecule has 3 N–H and O–H groups in total. The lowest BCUT2D eigenvalue weighted by molar-refractivity contribution is -0.116. The lowest BCUT2D eigenvalue weighted by atomic mass is 10.1. The minimum Gasteiger partial charge on any atom is -0.387 e. The summed E-state index contributed by atoms with van der Waals surface area (Å²) in [6.45, 7) is 2.38. The third-order valence-electron chi connectivity index (χ3n) is 3.14. The number of hydrogen-bond donors (Lipinski definition) is 3. The highest BCUT2D eigenvalue weighted by Gasteiger charge is 2.12. The molecule has 1 aromatic carbocycles. The number of anilines is 1. The van der Waals surface area contributed by atoms with Crippen LogP contribution in [0.25, 0.3) is 0 Å². The van der Waals surface area contributed by atoms with Crippen LogP contribution in [0.2, 0.25) is 0 Å². The zero-order valence-electron chi connectivity index (χ0n) is 12.0. The third-order valence-corrected chi connectivity index (χ3v) is 3.84. The fraction of sp³-hybridized carbons (Fsp3) is 0.312. The number of aliphatic hydroxyl groups is 1. The molecule has 0 bridgehead atoms. The van der Waals surface area contributed by atoms with Gasteiger partial charge < -0.3 is 15.7 Å². The summed E-state index contributed by atoms with van der Waals surface area (Å²) >= 11 is 1.56. The van der Waals surface area contributed by atoms with Crippen molar-refractivity contribution < 1.29 is 9.90 Å². The minimum absolute atomic E-state index is 0.00185. The summed E-state index contributed by atoms with van der Waals surface area (Å²) in [5, 5.41) is 19.9. The van der Waals surface area contributed by atoms with Gasteiger partial charge in [0.15, 0.2) is 0 Å². The van der Waals surface area contributed by atoms with Crippen molar-refractivity contribution in [2.75, 3.05) is 11.9 Å². The number of hydrogen-bond acceptors (Lipinski definition) is 4. The molecule has 1 heterocycles. The Bertz CT molecular complexity index is 543. The molecule has 0 saturated heterocycles. The number of rotatable bonds is 7. The normalized spacial score (nSPS) is 13.6. The monoisotopic (exact) mass is 304 g/mol. The molecular formula is C16H20N2O2S. The van der Waals surface area contributed by atoms with E-state index in [9.17, 15) is 9.90 Å². The number of carbonyl (C=O) groups is 1. The molecule has 0 fully saturated rings. The highest BCUT2D eigenvalue weighted by atomic mass is 32.1. The fourth-order valence-electron chi connectivity index (χ4n) is 1.98. The van der Waals surface area contributed by atoms with Gasteiger partial charge in [-0.1, -0.05) is 18.2 Å². The Balaban J connectivity index is 1.71. The van der Waals surface area contributed by atoms with Crippen molar-refractivity contribution in [2.45, 2.75) is 25.5 Å². The third kappa shape index (κ3) is 5.30. The number of carbonyl (C=O) groups excluding carboxylic acids is 1. The van der Waals surface area contributed by atoms with Crippen molar-refractivity contribution in [3.05, 3.63) is 52.7 Å². The van der Waals surface area contributed by atoms with Crippen LogP contribution in [0.4, 0.5) is 5.69 Å². The average molecular weight is 304 g/mol. The molecule has 0 spiro atoms. The lowest BCUT2D eigenvalue weighted by Gasteiger charge is -2.16. The largest absolute Gasteiger partial charge is 0.387 e. The molecule has 112 valence electrons. The van der Waals surface area contributed by atoms with Gasteiger partial charge in [0.25, 0.3) is 0 Å². The Hall–Kier alpha value is -1.69. The zero-order chi connectivity index (χ0) is 15.1. The molecule has 5 heteroatoms. The maximum absolute atomic E-state index is 11.9. The van der Waals surface area contributed by atoms with Gasteiger partial charge in [-0.2, -0.15) is 11.3 Å². The molecule has 0 aliphatic rings. The smallest absolute Gasteiger partial charge is 0.225 e. The summed E-state index contributed by atoms with van der Waals surface area (Å²) in [5.41, 5.74) is 1.71. The van der Waals surface area contributed by atoms with Gasteiger partial charge in [-0.25, -0.2) is 0 Å². The predicted octanol–water partition coefficient (Wildman–Crippen LogP) is 2.79. The first kappa shape index (κ1) is 15.7. The number of benzene rings is 1. The molecular weight excluding hydrogens is 284 g/mol. The van der Waals surface area contributed by atoms with E-state index in [1.54, 1.807) is 11.3 Å². The molecule has 0 aliphatic carbocycles. The molecule has 21 heavy (non-hydrogen) atoms. The number of thiophene rings is 1. The lowest BCUT2D eigenvalue weighted by Crippen LogP contribution is -2.33. The van der Waals surface area contributed by atoms with E-state index in [0.717, 1.165) is 11.3 Å². The van der Waals surface area contributed by atoms with Crippen molar-refractivity contribution in [3.63, 3.8) is 0 Å². The molecule has 1 aromatic heterocycles. The highest BCUT2D eigenvalue weighted by molar-refractivity contribution is 7.07. The average Bonchev–Trinajstić information content (AvgIpc) is 3.00. The van der Waals surface area contributed by atoms with Crippen LogP contribution in [0.15, 0.2) is 47.2 Å². The molecule has 0 saturated carbocycles. The Morgan fingerprint density at radius 2 is 2.05 bits per heavy atom. The van der Waals surface area contributed by atoms with Crippen LogP contribution >= 0.6 is 11.3 Å². The van der Waals surface area contributed by atoms with Crippen molar-refractivity contribution in [2.24, 2.45) is 0 Å². The van der Waals surface area contributed by atoms with Gasteiger partial charge in [-0.05, 0) is 41.4 Å². The van der Waals surface area contributed by atoms with Crippen LogP contribution in [0, 0.1) is 0 Å². The summed E-state index contributed by atoms with van der Waals surface area (Å²) in [6, 6.07) is 11.3. The maximum atomic E-state index is 11.9. The number of nitrogens with one attached hydrogen (secondary N) is 2. The fourth-order valence-corrected chi connectivity index (χ4v) is 2.69. The molecule has 2 rings (SSSR count). The van der Waals surface area contributed by atoms with E-state index in [4.69, 9.17) is 0 Å². The number of aliphatic hydroxyl groups excluding tert-OH is 1. The van der Waals surface area contributed by atoms with Gasteiger partial charge >= 0.3 is 0 Å². The van der Waals surface area contributed by atoms with Gasteiger partial charge in [0, 0.05) is 24.7 Å². The minimum atomic E-state index is -0.532. The van der Waals surface area contributed by atoms with E-state index < -0.39 is 6.10 Å². The van der Waals surface area contributed by atoms with Crippen LogP contribution in [-0.4, -0.2) is 23.6 Å². The summed E-state index contributed by atoms with van der Waals surface area (Å²) in [7, 11) is 0. The van der Waals surface area contributed by atoms with E-state index in [1.807, 2.05) is 54.1 Å². The van der Waals surface area contributed by atoms with Gasteiger partial charge in [-0.3, -0.25) is 4.79 Å². The Morgan fingerprint density at radius 1 is 1.29 bits per heavy atom. The van der Waals surface area contributed by atoms with Crippen LogP contribution in [0.1, 0.15) is 25.0 Å². The number of para-hydroxylation sites is 1. The molecule has 0 aliphatic heterocycles. The van der Waals surface area contributed by atoms with E-state index in [0.29, 0.717) is 13.0 Å². The van der Waals surface area contributed by atoms with Gasteiger partial charge in [0.05, 0.1) is 6.10 Å². The highest BCUT2D eigenvalue weighted by Crippen LogP contribution is 2.15. The zero-order valence-corrected chi connectivity index (χ0v) is 12.8. The van der Waals surface area contributed by atoms with E-state index in [1.165, 1.54) is 0 Å². The van der Waals surface area contributed by atoms with Crippen LogP contribution in [0.3, 0.4) is 0 Å².